The van der Waals surface area contributed by atoms with Gasteiger partial charge in [-0.2, -0.15) is 0 Å². The number of nitrogens with zero attached hydrogens (tertiary/aromatic N) is 1. The van der Waals surface area contributed by atoms with Crippen molar-refractivity contribution in [1.82, 2.24) is 4.90 Å². The minimum absolute atomic E-state index is 0.159. The molecule has 5 heteroatoms. The lowest BCUT2D eigenvalue weighted by atomic mass is 10.0. The summed E-state index contributed by atoms with van der Waals surface area (Å²) in [4.78, 5) is 2.39. The van der Waals surface area contributed by atoms with Crippen molar-refractivity contribution in [2.24, 2.45) is 5.73 Å². The van der Waals surface area contributed by atoms with E-state index in [1.54, 1.807) is 14.2 Å². The molecule has 1 aromatic rings. The van der Waals surface area contributed by atoms with Crippen LogP contribution in [0.3, 0.4) is 0 Å². The van der Waals surface area contributed by atoms with Gasteiger partial charge in [0.15, 0.2) is 0 Å². The van der Waals surface area contributed by atoms with Gasteiger partial charge in [-0.1, -0.05) is 6.92 Å². The molecule has 1 aliphatic rings. The Kier molecular flexibility index (Phi) is 5.85. The standard InChI is InChI=1S/C16H26N2O3/c1-4-13-11-18(5-6-21-13)16(10-17)12-7-14(19-2)9-15(8-12)20-3/h7-9,13,16H,4-6,10-11,17H2,1-3H3. The molecular formula is C16H26N2O3. The molecule has 0 radical (unpaired) electrons. The molecule has 2 rings (SSSR count). The van der Waals surface area contributed by atoms with Gasteiger partial charge in [0.1, 0.15) is 11.5 Å². The van der Waals surface area contributed by atoms with Gasteiger partial charge >= 0.3 is 0 Å². The fraction of sp³-hybridized carbons (Fsp3) is 0.625. The van der Waals surface area contributed by atoms with Gasteiger partial charge in [0, 0.05) is 31.7 Å². The Labute approximate surface area is 127 Å². The minimum Gasteiger partial charge on any atom is -0.497 e. The minimum atomic E-state index is 0.159. The van der Waals surface area contributed by atoms with Crippen LogP contribution in [0.25, 0.3) is 0 Å². The Morgan fingerprint density at radius 1 is 1.29 bits per heavy atom. The zero-order valence-corrected chi connectivity index (χ0v) is 13.2. The predicted molar refractivity (Wildman–Crippen MR) is 82.9 cm³/mol. The van der Waals surface area contributed by atoms with E-state index < -0.39 is 0 Å². The molecule has 1 fully saturated rings. The second kappa shape index (κ2) is 7.64. The molecule has 5 nitrogen and oxygen atoms in total. The normalized spacial score (nSPS) is 21.0. The van der Waals surface area contributed by atoms with Crippen LogP contribution in [-0.4, -0.2) is 51.5 Å². The highest BCUT2D eigenvalue weighted by Gasteiger charge is 2.26. The molecular weight excluding hydrogens is 268 g/mol. The SMILES string of the molecule is CCC1CN(C(CN)c2cc(OC)cc(OC)c2)CCO1. The van der Waals surface area contributed by atoms with Crippen LogP contribution in [0.2, 0.25) is 0 Å². The number of hydrogen-bond acceptors (Lipinski definition) is 5. The Balaban J connectivity index is 2.23. The van der Waals surface area contributed by atoms with Gasteiger partial charge in [-0.15, -0.1) is 0 Å². The molecule has 0 saturated carbocycles. The van der Waals surface area contributed by atoms with Gasteiger partial charge < -0.3 is 19.9 Å². The van der Waals surface area contributed by atoms with Crippen molar-refractivity contribution in [2.75, 3.05) is 40.5 Å². The lowest BCUT2D eigenvalue weighted by molar-refractivity contribution is -0.0437. The maximum Gasteiger partial charge on any atom is 0.122 e. The molecule has 0 aliphatic carbocycles. The summed E-state index contributed by atoms with van der Waals surface area (Å²) in [6.45, 7) is 5.29. The van der Waals surface area contributed by atoms with Crippen LogP contribution in [0.5, 0.6) is 11.5 Å². The Bertz CT molecular complexity index is 431. The molecule has 0 bridgehead atoms. The highest BCUT2D eigenvalue weighted by molar-refractivity contribution is 5.40. The van der Waals surface area contributed by atoms with Crippen LogP contribution in [0.15, 0.2) is 18.2 Å². The van der Waals surface area contributed by atoms with Crippen molar-refractivity contribution in [1.29, 1.82) is 0 Å². The first-order chi connectivity index (χ1) is 10.2. The molecule has 2 atom stereocenters. The summed E-state index contributed by atoms with van der Waals surface area (Å²) in [7, 11) is 3.33. The van der Waals surface area contributed by atoms with Crippen LogP contribution in [0, 0.1) is 0 Å². The first-order valence-electron chi connectivity index (χ1n) is 7.50. The Morgan fingerprint density at radius 2 is 1.95 bits per heavy atom. The summed E-state index contributed by atoms with van der Waals surface area (Å²) in [5, 5.41) is 0. The first-order valence-corrected chi connectivity index (χ1v) is 7.50. The lowest BCUT2D eigenvalue weighted by Gasteiger charge is -2.38. The van der Waals surface area contributed by atoms with E-state index in [0.717, 1.165) is 43.2 Å². The third-order valence-corrected chi connectivity index (χ3v) is 4.05. The molecule has 2 N–H and O–H groups in total. The number of hydrogen-bond donors (Lipinski definition) is 1. The van der Waals surface area contributed by atoms with Gasteiger partial charge in [0.2, 0.25) is 0 Å². The maximum absolute atomic E-state index is 6.04. The smallest absolute Gasteiger partial charge is 0.122 e. The first kappa shape index (κ1) is 16.1. The zero-order chi connectivity index (χ0) is 15.2. The van der Waals surface area contributed by atoms with Crippen molar-refractivity contribution in [3.8, 4) is 11.5 Å². The second-order valence-corrected chi connectivity index (χ2v) is 5.29. The van der Waals surface area contributed by atoms with Crippen LogP contribution in [0.4, 0.5) is 0 Å². The number of nitrogens with two attached hydrogens (primary N) is 1. The molecule has 21 heavy (non-hydrogen) atoms. The average molecular weight is 294 g/mol. The van der Waals surface area contributed by atoms with Crippen molar-refractivity contribution in [3.05, 3.63) is 23.8 Å². The van der Waals surface area contributed by atoms with Gasteiger partial charge in [0.05, 0.1) is 26.9 Å². The third-order valence-electron chi connectivity index (χ3n) is 4.05. The highest BCUT2D eigenvalue weighted by atomic mass is 16.5. The zero-order valence-electron chi connectivity index (χ0n) is 13.2. The molecule has 1 aliphatic heterocycles. The molecule has 2 unspecified atom stereocenters. The molecule has 118 valence electrons. The third kappa shape index (κ3) is 3.87. The molecule has 0 aromatic heterocycles. The van der Waals surface area contributed by atoms with Crippen molar-refractivity contribution < 1.29 is 14.2 Å². The Hall–Kier alpha value is -1.30. The molecule has 0 amide bonds. The van der Waals surface area contributed by atoms with E-state index in [9.17, 15) is 0 Å². The number of ether oxygens (including phenoxy) is 3. The second-order valence-electron chi connectivity index (χ2n) is 5.29. The predicted octanol–water partition coefficient (Wildman–Crippen LogP) is 1.81. The number of methoxy groups -OCH3 is 2. The maximum atomic E-state index is 6.04. The van der Waals surface area contributed by atoms with E-state index in [1.807, 2.05) is 18.2 Å². The summed E-state index contributed by atoms with van der Waals surface area (Å²) in [5.74, 6) is 1.59. The van der Waals surface area contributed by atoms with E-state index in [1.165, 1.54) is 0 Å². The quantitative estimate of drug-likeness (QED) is 0.867. The van der Waals surface area contributed by atoms with E-state index >= 15 is 0 Å². The summed E-state index contributed by atoms with van der Waals surface area (Å²) >= 11 is 0. The van der Waals surface area contributed by atoms with Crippen LogP contribution < -0.4 is 15.2 Å². The van der Waals surface area contributed by atoms with E-state index in [0.29, 0.717) is 12.6 Å². The summed E-state index contributed by atoms with van der Waals surface area (Å²) in [6, 6.07) is 6.12. The van der Waals surface area contributed by atoms with Gasteiger partial charge in [0.25, 0.3) is 0 Å². The van der Waals surface area contributed by atoms with Crippen molar-refractivity contribution >= 4 is 0 Å². The topological polar surface area (TPSA) is 57.0 Å². The fourth-order valence-corrected chi connectivity index (χ4v) is 2.79. The van der Waals surface area contributed by atoms with Crippen LogP contribution in [-0.2, 0) is 4.74 Å². The number of rotatable bonds is 6. The molecule has 0 spiro atoms. The average Bonchev–Trinajstić information content (AvgIpc) is 2.55. The summed E-state index contributed by atoms with van der Waals surface area (Å²) in [5.41, 5.74) is 7.17. The Morgan fingerprint density at radius 3 is 2.48 bits per heavy atom. The highest BCUT2D eigenvalue weighted by Crippen LogP contribution is 2.30. The van der Waals surface area contributed by atoms with Gasteiger partial charge in [-0.05, 0) is 24.1 Å². The number of benzene rings is 1. The number of morpholine rings is 1. The largest absolute Gasteiger partial charge is 0.497 e. The van der Waals surface area contributed by atoms with Crippen LogP contribution >= 0.6 is 0 Å². The lowest BCUT2D eigenvalue weighted by Crippen LogP contribution is -2.46. The van der Waals surface area contributed by atoms with E-state index in [2.05, 4.69) is 11.8 Å². The van der Waals surface area contributed by atoms with Crippen molar-refractivity contribution in [2.45, 2.75) is 25.5 Å². The summed E-state index contributed by atoms with van der Waals surface area (Å²) < 4.78 is 16.5. The van der Waals surface area contributed by atoms with E-state index in [4.69, 9.17) is 19.9 Å². The monoisotopic (exact) mass is 294 g/mol. The fourth-order valence-electron chi connectivity index (χ4n) is 2.79. The van der Waals surface area contributed by atoms with Gasteiger partial charge in [-0.3, -0.25) is 4.90 Å². The van der Waals surface area contributed by atoms with Crippen LogP contribution in [0.1, 0.15) is 24.9 Å². The molecule has 1 saturated heterocycles. The van der Waals surface area contributed by atoms with Crippen molar-refractivity contribution in [3.63, 3.8) is 0 Å². The van der Waals surface area contributed by atoms with Gasteiger partial charge in [-0.25, -0.2) is 0 Å². The van der Waals surface area contributed by atoms with E-state index in [-0.39, 0.29) is 6.04 Å². The molecule has 1 aromatic carbocycles. The molecule has 1 heterocycles. The summed E-state index contributed by atoms with van der Waals surface area (Å²) in [6.07, 6.45) is 1.31.